The van der Waals surface area contributed by atoms with Crippen molar-refractivity contribution in [2.45, 2.75) is 0 Å². The Morgan fingerprint density at radius 1 is 0.850 bits per heavy atom. The van der Waals surface area contributed by atoms with Crippen molar-refractivity contribution < 1.29 is 9.84 Å². The second kappa shape index (κ2) is 12.2. The number of phenols is 1. The van der Waals surface area contributed by atoms with E-state index < -0.39 is 0 Å². The van der Waals surface area contributed by atoms with Crippen LogP contribution in [0.1, 0.15) is 11.1 Å². The van der Waals surface area contributed by atoms with Gasteiger partial charge in [-0.25, -0.2) is 0 Å². The molecule has 0 atom stereocenters. The number of ether oxygens (including phenoxy) is 1. The molecule has 1 aromatic heterocycles. The average Bonchev–Trinajstić information content (AvgIpc) is 3.32. The molecule has 4 aromatic rings. The minimum atomic E-state index is 0.239. The second-order valence-electron chi connectivity index (χ2n) is 10.3. The summed E-state index contributed by atoms with van der Waals surface area (Å²) in [5, 5.41) is 22.7. The first kappa shape index (κ1) is 27.2. The molecule has 3 aromatic carbocycles. The van der Waals surface area contributed by atoms with E-state index in [9.17, 15) is 5.11 Å². The topological polar surface area (TPSA) is 111 Å². The molecule has 0 bridgehead atoms. The van der Waals surface area contributed by atoms with Gasteiger partial charge in [-0.15, -0.1) is 0 Å². The molecule has 2 heterocycles. The number of rotatable bonds is 11. The number of anilines is 4. The standard InChI is InChI=1S/C30H36N8O2/c1-37(2)15-13-31-28-34-29(32-14-16-38(3)4)36-30(35-28)33-22-10-12-27-24(18-22)21(19-40-27)17-25-23-8-6-5-7-20(23)9-11-26(25)39/h5-12,17-18,39H,13-16,19H2,1-4H3,(H3,31,32,33,34,35,36)/b21-17+. The summed E-state index contributed by atoms with van der Waals surface area (Å²) in [7, 11) is 8.10. The molecule has 208 valence electrons. The summed E-state index contributed by atoms with van der Waals surface area (Å²) < 4.78 is 5.96. The van der Waals surface area contributed by atoms with E-state index in [2.05, 4.69) is 40.7 Å². The van der Waals surface area contributed by atoms with Crippen LogP contribution < -0.4 is 20.7 Å². The lowest BCUT2D eigenvalue weighted by molar-refractivity contribution is 0.389. The van der Waals surface area contributed by atoms with Crippen molar-refractivity contribution in [2.24, 2.45) is 0 Å². The minimum Gasteiger partial charge on any atom is -0.507 e. The molecular weight excluding hydrogens is 504 g/mol. The van der Waals surface area contributed by atoms with Crippen molar-refractivity contribution in [1.82, 2.24) is 24.8 Å². The van der Waals surface area contributed by atoms with Gasteiger partial charge in [0.1, 0.15) is 18.1 Å². The summed E-state index contributed by atoms with van der Waals surface area (Å²) in [6, 6.07) is 17.6. The normalized spacial score (nSPS) is 13.6. The molecule has 40 heavy (non-hydrogen) atoms. The Bertz CT molecular complexity index is 1490. The summed E-state index contributed by atoms with van der Waals surface area (Å²) in [5.74, 6) is 2.48. The van der Waals surface area contributed by atoms with Gasteiger partial charge in [-0.1, -0.05) is 30.3 Å². The molecule has 0 amide bonds. The zero-order valence-electron chi connectivity index (χ0n) is 23.4. The number of nitrogens with zero attached hydrogens (tertiary/aromatic N) is 5. The molecule has 1 aliphatic rings. The van der Waals surface area contributed by atoms with Gasteiger partial charge in [0.05, 0.1) is 0 Å². The number of likely N-dealkylation sites (N-methyl/N-ethyl adjacent to an activating group) is 2. The van der Waals surface area contributed by atoms with Gasteiger partial charge in [-0.2, -0.15) is 15.0 Å². The van der Waals surface area contributed by atoms with E-state index in [1.807, 2.05) is 82.8 Å². The lowest BCUT2D eigenvalue weighted by Gasteiger charge is -2.14. The Kier molecular flexibility index (Phi) is 8.28. The maximum Gasteiger partial charge on any atom is 0.233 e. The number of aromatic nitrogens is 3. The van der Waals surface area contributed by atoms with Gasteiger partial charge in [0.2, 0.25) is 17.8 Å². The molecule has 0 radical (unpaired) electrons. The summed E-state index contributed by atoms with van der Waals surface area (Å²) in [6.07, 6.45) is 2.01. The van der Waals surface area contributed by atoms with E-state index in [1.165, 1.54) is 0 Å². The van der Waals surface area contributed by atoms with Crippen LogP contribution in [0.2, 0.25) is 0 Å². The number of aromatic hydroxyl groups is 1. The van der Waals surface area contributed by atoms with Crippen LogP contribution in [0.15, 0.2) is 54.6 Å². The quantitative estimate of drug-likeness (QED) is 0.219. The minimum absolute atomic E-state index is 0.239. The Labute approximate surface area is 234 Å². The third-order valence-electron chi connectivity index (χ3n) is 6.55. The number of hydrogen-bond donors (Lipinski definition) is 4. The Morgan fingerprint density at radius 2 is 1.52 bits per heavy atom. The van der Waals surface area contributed by atoms with Crippen LogP contribution >= 0.6 is 0 Å². The van der Waals surface area contributed by atoms with E-state index in [4.69, 9.17) is 4.74 Å². The maximum absolute atomic E-state index is 10.7. The smallest absolute Gasteiger partial charge is 0.233 e. The van der Waals surface area contributed by atoms with Crippen molar-refractivity contribution in [3.63, 3.8) is 0 Å². The highest BCUT2D eigenvalue weighted by molar-refractivity contribution is 5.99. The van der Waals surface area contributed by atoms with Gasteiger partial charge in [-0.3, -0.25) is 0 Å². The van der Waals surface area contributed by atoms with Crippen molar-refractivity contribution in [2.75, 3.05) is 76.9 Å². The average molecular weight is 541 g/mol. The van der Waals surface area contributed by atoms with Crippen LogP contribution in [-0.4, -0.2) is 90.8 Å². The fraction of sp³-hybridized carbons (Fsp3) is 0.300. The number of benzene rings is 3. The highest BCUT2D eigenvalue weighted by Gasteiger charge is 2.20. The van der Waals surface area contributed by atoms with Gasteiger partial charge in [0.25, 0.3) is 0 Å². The molecule has 1 aliphatic heterocycles. The van der Waals surface area contributed by atoms with Gasteiger partial charge >= 0.3 is 0 Å². The zero-order valence-corrected chi connectivity index (χ0v) is 23.4. The fourth-order valence-corrected chi connectivity index (χ4v) is 4.45. The van der Waals surface area contributed by atoms with Crippen LogP contribution in [0.5, 0.6) is 11.5 Å². The zero-order chi connectivity index (χ0) is 28.1. The predicted octanol–water partition coefficient (Wildman–Crippen LogP) is 4.35. The summed E-state index contributed by atoms with van der Waals surface area (Å²) in [6.45, 7) is 3.54. The summed E-state index contributed by atoms with van der Waals surface area (Å²) in [5.41, 5.74) is 3.54. The van der Waals surface area contributed by atoms with Crippen molar-refractivity contribution in [3.05, 3.63) is 65.7 Å². The van der Waals surface area contributed by atoms with Crippen LogP contribution in [0.25, 0.3) is 22.4 Å². The van der Waals surface area contributed by atoms with Crippen molar-refractivity contribution in [3.8, 4) is 11.5 Å². The largest absolute Gasteiger partial charge is 0.507 e. The summed E-state index contributed by atoms with van der Waals surface area (Å²) >= 11 is 0. The lowest BCUT2D eigenvalue weighted by Crippen LogP contribution is -2.23. The van der Waals surface area contributed by atoms with Gasteiger partial charge in [-0.05, 0) is 69.3 Å². The number of fused-ring (bicyclic) bond motifs is 2. The van der Waals surface area contributed by atoms with E-state index >= 15 is 0 Å². The highest BCUT2D eigenvalue weighted by atomic mass is 16.5. The van der Waals surface area contributed by atoms with Gasteiger partial charge < -0.3 is 35.6 Å². The van der Waals surface area contributed by atoms with E-state index in [0.29, 0.717) is 37.5 Å². The van der Waals surface area contributed by atoms with E-state index in [1.54, 1.807) is 6.07 Å². The number of hydrogen-bond acceptors (Lipinski definition) is 10. The Morgan fingerprint density at radius 3 is 2.23 bits per heavy atom. The SMILES string of the molecule is CN(C)CCNc1nc(NCCN(C)C)nc(Nc2ccc3c(c2)/C(=C/c2c(O)ccc4ccccc24)CO3)n1. The van der Waals surface area contributed by atoms with Crippen LogP contribution in [-0.2, 0) is 0 Å². The molecule has 0 fully saturated rings. The number of phenolic OH excluding ortho intramolecular Hbond substituents is 1. The third kappa shape index (κ3) is 6.59. The molecule has 0 unspecified atom stereocenters. The molecule has 10 heteroatoms. The van der Waals surface area contributed by atoms with E-state index in [0.717, 1.165) is 52.0 Å². The van der Waals surface area contributed by atoms with Crippen molar-refractivity contribution in [1.29, 1.82) is 0 Å². The van der Waals surface area contributed by atoms with Gasteiger partial charge in [0, 0.05) is 48.6 Å². The Hall–Kier alpha value is -4.41. The second-order valence-corrected chi connectivity index (χ2v) is 10.3. The van der Waals surface area contributed by atoms with E-state index in [-0.39, 0.29) is 5.75 Å². The third-order valence-corrected chi connectivity index (χ3v) is 6.55. The fourth-order valence-electron chi connectivity index (χ4n) is 4.45. The van der Waals surface area contributed by atoms with Crippen LogP contribution in [0.4, 0.5) is 23.5 Å². The molecule has 10 nitrogen and oxygen atoms in total. The molecule has 0 saturated heterocycles. The first-order chi connectivity index (χ1) is 19.4. The Balaban J connectivity index is 1.41. The monoisotopic (exact) mass is 540 g/mol. The molecule has 0 saturated carbocycles. The van der Waals surface area contributed by atoms with Crippen LogP contribution in [0.3, 0.4) is 0 Å². The number of nitrogens with one attached hydrogen (secondary N) is 3. The van der Waals surface area contributed by atoms with Crippen molar-refractivity contribution >= 4 is 46.0 Å². The first-order valence-corrected chi connectivity index (χ1v) is 13.3. The highest BCUT2D eigenvalue weighted by Crippen LogP contribution is 2.39. The molecular formula is C30H36N8O2. The summed E-state index contributed by atoms with van der Waals surface area (Å²) in [4.78, 5) is 17.9. The molecule has 0 spiro atoms. The van der Waals surface area contributed by atoms with Gasteiger partial charge in [0.15, 0.2) is 0 Å². The molecule has 0 aliphatic carbocycles. The predicted molar refractivity (Wildman–Crippen MR) is 163 cm³/mol. The molecule has 5 rings (SSSR count). The maximum atomic E-state index is 10.7. The molecule has 4 N–H and O–H groups in total. The van der Waals surface area contributed by atoms with Crippen LogP contribution in [0, 0.1) is 0 Å². The first-order valence-electron chi connectivity index (χ1n) is 13.3. The lowest BCUT2D eigenvalue weighted by atomic mass is 9.99.